The van der Waals surface area contributed by atoms with Crippen LogP contribution < -0.4 is 5.32 Å². The number of likely N-dealkylation sites (tertiary alicyclic amines) is 1. The summed E-state index contributed by atoms with van der Waals surface area (Å²) in [4.78, 5) is 30.4. The highest BCUT2D eigenvalue weighted by molar-refractivity contribution is 5.94. The fourth-order valence-corrected chi connectivity index (χ4v) is 3.26. The van der Waals surface area contributed by atoms with E-state index >= 15 is 0 Å². The van der Waals surface area contributed by atoms with Gasteiger partial charge in [0.2, 0.25) is 5.91 Å². The summed E-state index contributed by atoms with van der Waals surface area (Å²) in [5, 5.41) is 2.90. The number of aromatic nitrogens is 1. The summed E-state index contributed by atoms with van der Waals surface area (Å²) in [6.45, 7) is 0.993. The molecule has 2 amide bonds. The van der Waals surface area contributed by atoms with E-state index in [1.807, 2.05) is 11.0 Å². The first-order valence-corrected chi connectivity index (χ1v) is 8.85. The third-order valence-electron chi connectivity index (χ3n) is 4.60. The Bertz CT molecular complexity index is 767. The number of nitrogens with zero attached hydrogens (tertiary/aromatic N) is 2. The molecule has 0 aliphatic carbocycles. The molecule has 5 nitrogen and oxygen atoms in total. The lowest BCUT2D eigenvalue weighted by Gasteiger charge is -2.35. The summed E-state index contributed by atoms with van der Waals surface area (Å²) in [7, 11) is 0. The summed E-state index contributed by atoms with van der Waals surface area (Å²) in [5.74, 6) is -0.413. The molecule has 1 aromatic carbocycles. The van der Waals surface area contributed by atoms with Crippen LogP contribution >= 0.6 is 0 Å². The Hall–Kier alpha value is -2.76. The van der Waals surface area contributed by atoms with E-state index in [0.29, 0.717) is 31.5 Å². The molecule has 1 saturated heterocycles. The van der Waals surface area contributed by atoms with Gasteiger partial charge in [0, 0.05) is 37.5 Å². The van der Waals surface area contributed by atoms with Crippen LogP contribution in [0.1, 0.15) is 35.2 Å². The maximum atomic E-state index is 13.5. The van der Waals surface area contributed by atoms with Crippen molar-refractivity contribution in [2.24, 2.45) is 0 Å². The number of carbonyl (C=O) groups is 2. The summed E-state index contributed by atoms with van der Waals surface area (Å²) in [6, 6.07) is 9.47. The molecule has 1 fully saturated rings. The van der Waals surface area contributed by atoms with Crippen LogP contribution in [0.3, 0.4) is 0 Å². The molecule has 1 aliphatic rings. The van der Waals surface area contributed by atoms with Crippen LogP contribution in [0.2, 0.25) is 0 Å². The Kier molecular flexibility index (Phi) is 5.94. The molecular formula is C20H22FN3O2. The van der Waals surface area contributed by atoms with E-state index in [9.17, 15) is 14.0 Å². The number of carbonyl (C=O) groups excluding carboxylic acids is 2. The first-order valence-electron chi connectivity index (χ1n) is 8.85. The number of piperidine rings is 1. The normalized spacial score (nSPS) is 15.6. The second-order valence-electron chi connectivity index (χ2n) is 6.48. The molecule has 1 aliphatic heterocycles. The topological polar surface area (TPSA) is 62.3 Å². The molecule has 0 radical (unpaired) electrons. The van der Waals surface area contributed by atoms with Gasteiger partial charge in [0.05, 0.1) is 6.04 Å². The van der Waals surface area contributed by atoms with Crippen LogP contribution in [0.5, 0.6) is 0 Å². The first-order chi connectivity index (χ1) is 12.6. The predicted molar refractivity (Wildman–Crippen MR) is 96.0 cm³/mol. The highest BCUT2D eigenvalue weighted by Crippen LogP contribution is 2.17. The van der Waals surface area contributed by atoms with Crippen molar-refractivity contribution in [1.29, 1.82) is 0 Å². The van der Waals surface area contributed by atoms with Crippen molar-refractivity contribution >= 4 is 11.8 Å². The van der Waals surface area contributed by atoms with E-state index < -0.39 is 0 Å². The molecule has 136 valence electrons. The molecule has 0 bridgehead atoms. The number of rotatable bonds is 6. The number of amides is 2. The second kappa shape index (κ2) is 8.56. The van der Waals surface area contributed by atoms with Gasteiger partial charge in [0.1, 0.15) is 5.82 Å². The summed E-state index contributed by atoms with van der Waals surface area (Å²) < 4.78 is 13.5. The van der Waals surface area contributed by atoms with Crippen LogP contribution in [0, 0.1) is 5.82 Å². The van der Waals surface area contributed by atoms with Crippen molar-refractivity contribution in [2.45, 2.75) is 31.7 Å². The quantitative estimate of drug-likeness (QED) is 0.866. The molecule has 0 spiro atoms. The average molecular weight is 355 g/mol. The molecule has 6 heteroatoms. The van der Waals surface area contributed by atoms with Gasteiger partial charge in [-0.15, -0.1) is 0 Å². The number of hydrogen-bond donors (Lipinski definition) is 1. The number of benzene rings is 1. The van der Waals surface area contributed by atoms with Gasteiger partial charge in [0.25, 0.3) is 5.91 Å². The van der Waals surface area contributed by atoms with Crippen LogP contribution in [0.15, 0.2) is 48.8 Å². The van der Waals surface area contributed by atoms with E-state index in [4.69, 9.17) is 0 Å². The maximum Gasteiger partial charge on any atom is 0.251 e. The predicted octanol–water partition coefficient (Wildman–Crippen LogP) is 2.57. The minimum atomic E-state index is -0.299. The van der Waals surface area contributed by atoms with Crippen molar-refractivity contribution in [3.05, 3.63) is 65.7 Å². The van der Waals surface area contributed by atoms with Crippen LogP contribution in [0.25, 0.3) is 0 Å². The smallest absolute Gasteiger partial charge is 0.251 e. The second-order valence-corrected chi connectivity index (χ2v) is 6.48. The number of halogens is 1. The molecule has 26 heavy (non-hydrogen) atoms. The lowest BCUT2D eigenvalue weighted by atomic mass is 10.0. The van der Waals surface area contributed by atoms with E-state index in [-0.39, 0.29) is 23.7 Å². The van der Waals surface area contributed by atoms with Gasteiger partial charge in [-0.05, 0) is 49.1 Å². The van der Waals surface area contributed by atoms with Crippen molar-refractivity contribution in [3.8, 4) is 0 Å². The number of nitrogens with one attached hydrogen (secondary N) is 1. The van der Waals surface area contributed by atoms with Gasteiger partial charge in [-0.2, -0.15) is 0 Å². The van der Waals surface area contributed by atoms with Gasteiger partial charge < -0.3 is 10.2 Å². The first kappa shape index (κ1) is 18.0. The molecule has 1 atom stereocenters. The van der Waals surface area contributed by atoms with E-state index in [1.165, 1.54) is 12.1 Å². The van der Waals surface area contributed by atoms with Crippen molar-refractivity contribution in [2.75, 3.05) is 13.1 Å². The molecule has 3 rings (SSSR count). The Morgan fingerprint density at radius 3 is 2.77 bits per heavy atom. The van der Waals surface area contributed by atoms with E-state index in [0.717, 1.165) is 18.4 Å². The molecule has 1 aromatic heterocycles. The lowest BCUT2D eigenvalue weighted by Crippen LogP contribution is -2.49. The van der Waals surface area contributed by atoms with Gasteiger partial charge in [-0.3, -0.25) is 14.6 Å². The Labute approximate surface area is 152 Å². The van der Waals surface area contributed by atoms with Crippen molar-refractivity contribution in [1.82, 2.24) is 15.2 Å². The fraction of sp³-hybridized carbons (Fsp3) is 0.350. The molecule has 2 heterocycles. The monoisotopic (exact) mass is 355 g/mol. The zero-order chi connectivity index (χ0) is 18.4. The lowest BCUT2D eigenvalue weighted by molar-refractivity contribution is -0.135. The maximum absolute atomic E-state index is 13.5. The third kappa shape index (κ3) is 4.65. The summed E-state index contributed by atoms with van der Waals surface area (Å²) in [5.41, 5.74) is 1.33. The fourth-order valence-electron chi connectivity index (χ4n) is 3.26. The summed E-state index contributed by atoms with van der Waals surface area (Å²) in [6.07, 6.45) is 5.99. The van der Waals surface area contributed by atoms with Gasteiger partial charge in [0.15, 0.2) is 0 Å². The Morgan fingerprint density at radius 1 is 1.23 bits per heavy atom. The Balaban J connectivity index is 1.72. The molecule has 2 aromatic rings. The number of pyridine rings is 1. The van der Waals surface area contributed by atoms with Crippen LogP contribution in [-0.2, 0) is 11.2 Å². The van der Waals surface area contributed by atoms with Gasteiger partial charge >= 0.3 is 0 Å². The van der Waals surface area contributed by atoms with Gasteiger partial charge in [-0.25, -0.2) is 4.39 Å². The Morgan fingerprint density at radius 2 is 2.04 bits per heavy atom. The third-order valence-corrected chi connectivity index (χ3v) is 4.60. The minimum Gasteiger partial charge on any atom is -0.350 e. The van der Waals surface area contributed by atoms with E-state index in [2.05, 4.69) is 10.3 Å². The SMILES string of the molecule is O=C(NC[C@H](Cc1cccc(F)c1)N1CCCCC1=O)c1ccncc1. The molecule has 0 unspecified atom stereocenters. The largest absolute Gasteiger partial charge is 0.350 e. The zero-order valence-electron chi connectivity index (χ0n) is 14.5. The summed E-state index contributed by atoms with van der Waals surface area (Å²) >= 11 is 0. The molecule has 1 N–H and O–H groups in total. The van der Waals surface area contributed by atoms with Crippen molar-refractivity contribution < 1.29 is 14.0 Å². The zero-order valence-corrected chi connectivity index (χ0v) is 14.5. The average Bonchev–Trinajstić information content (AvgIpc) is 2.66. The minimum absolute atomic E-state index is 0.0933. The van der Waals surface area contributed by atoms with Crippen LogP contribution in [0.4, 0.5) is 4.39 Å². The number of hydrogen-bond acceptors (Lipinski definition) is 3. The van der Waals surface area contributed by atoms with E-state index in [1.54, 1.807) is 30.6 Å². The highest BCUT2D eigenvalue weighted by Gasteiger charge is 2.26. The molecule has 0 saturated carbocycles. The van der Waals surface area contributed by atoms with Crippen molar-refractivity contribution in [3.63, 3.8) is 0 Å². The molecular weight excluding hydrogens is 333 g/mol. The standard InChI is InChI=1S/C20H22FN3O2/c21-17-5-3-4-15(12-17)13-18(24-11-2-1-6-19(24)25)14-23-20(26)16-7-9-22-10-8-16/h3-5,7-10,12,18H,1-2,6,11,13-14H2,(H,23,26)/t18-/m0/s1. The van der Waals surface area contributed by atoms with Gasteiger partial charge in [-0.1, -0.05) is 12.1 Å². The highest BCUT2D eigenvalue weighted by atomic mass is 19.1. The van der Waals surface area contributed by atoms with Crippen LogP contribution in [-0.4, -0.2) is 40.8 Å².